The molecule has 2 atom stereocenters. The van der Waals surface area contributed by atoms with Crippen molar-refractivity contribution in [3.8, 4) is 0 Å². The van der Waals surface area contributed by atoms with Crippen LogP contribution in [-0.4, -0.2) is 35.5 Å². The van der Waals surface area contributed by atoms with Gasteiger partial charge in [-0.2, -0.15) is 0 Å². The van der Waals surface area contributed by atoms with E-state index in [9.17, 15) is 18.8 Å². The van der Waals surface area contributed by atoms with Crippen LogP contribution in [0.15, 0.2) is 24.3 Å². The van der Waals surface area contributed by atoms with Gasteiger partial charge in [0.25, 0.3) is 0 Å². The number of rotatable bonds is 6. The van der Waals surface area contributed by atoms with E-state index in [0.29, 0.717) is 25.1 Å². The first kappa shape index (κ1) is 16.9. The van der Waals surface area contributed by atoms with Crippen molar-refractivity contribution in [2.75, 3.05) is 11.4 Å². The Hall–Kier alpha value is -2.44. The fraction of sp³-hybridized carbons (Fsp3) is 0.438. The topological polar surface area (TPSA) is 86.7 Å². The third-order valence-corrected chi connectivity index (χ3v) is 3.84. The second kappa shape index (κ2) is 7.21. The summed E-state index contributed by atoms with van der Waals surface area (Å²) in [5.74, 6) is -2.81. The predicted octanol–water partition coefficient (Wildman–Crippen LogP) is 1.55. The molecule has 0 radical (unpaired) electrons. The molecule has 0 aliphatic carbocycles. The van der Waals surface area contributed by atoms with Gasteiger partial charge in [0.15, 0.2) is 0 Å². The molecule has 2 amide bonds. The Morgan fingerprint density at radius 3 is 2.65 bits per heavy atom. The van der Waals surface area contributed by atoms with Gasteiger partial charge in [-0.25, -0.2) is 4.39 Å². The number of carbonyl (C=O) groups is 3. The summed E-state index contributed by atoms with van der Waals surface area (Å²) < 4.78 is 12.9. The van der Waals surface area contributed by atoms with Gasteiger partial charge in [0.2, 0.25) is 11.8 Å². The van der Waals surface area contributed by atoms with Crippen molar-refractivity contribution in [2.24, 2.45) is 5.92 Å². The number of carboxylic acid groups (broad SMARTS) is 1. The maximum absolute atomic E-state index is 12.9. The van der Waals surface area contributed by atoms with E-state index in [1.165, 1.54) is 29.2 Å². The van der Waals surface area contributed by atoms with Crippen LogP contribution in [0.3, 0.4) is 0 Å². The first-order chi connectivity index (χ1) is 10.9. The molecule has 1 fully saturated rings. The largest absolute Gasteiger partial charge is 0.481 e. The number of hydrogen-bond donors (Lipinski definition) is 2. The molecule has 0 aromatic heterocycles. The summed E-state index contributed by atoms with van der Waals surface area (Å²) in [6.07, 6.45) is 0.652. The van der Waals surface area contributed by atoms with Crippen LogP contribution in [0.1, 0.15) is 26.2 Å². The second-order valence-corrected chi connectivity index (χ2v) is 5.65. The molecule has 1 aromatic carbocycles. The lowest BCUT2D eigenvalue weighted by molar-refractivity contribution is -0.138. The van der Waals surface area contributed by atoms with Crippen molar-refractivity contribution >= 4 is 23.5 Å². The van der Waals surface area contributed by atoms with E-state index < -0.39 is 17.8 Å². The van der Waals surface area contributed by atoms with E-state index in [-0.39, 0.29) is 24.2 Å². The highest BCUT2D eigenvalue weighted by atomic mass is 19.1. The van der Waals surface area contributed by atoms with Crippen LogP contribution in [0.4, 0.5) is 10.1 Å². The quantitative estimate of drug-likeness (QED) is 0.778. The van der Waals surface area contributed by atoms with Gasteiger partial charge in [0.1, 0.15) is 11.7 Å². The molecule has 1 aliphatic heterocycles. The number of aliphatic carboxylic acids is 1. The van der Waals surface area contributed by atoms with Gasteiger partial charge in [0, 0.05) is 24.7 Å². The zero-order valence-electron chi connectivity index (χ0n) is 12.8. The molecule has 1 aliphatic rings. The molecule has 0 saturated carbocycles. The van der Waals surface area contributed by atoms with Crippen LogP contribution in [-0.2, 0) is 14.4 Å². The van der Waals surface area contributed by atoms with Crippen molar-refractivity contribution in [3.63, 3.8) is 0 Å². The van der Waals surface area contributed by atoms with Crippen LogP contribution in [0.2, 0.25) is 0 Å². The number of benzene rings is 1. The minimum atomic E-state index is -0.925. The van der Waals surface area contributed by atoms with Gasteiger partial charge in [-0.3, -0.25) is 14.4 Å². The summed E-state index contributed by atoms with van der Waals surface area (Å²) in [4.78, 5) is 36.5. The third-order valence-electron chi connectivity index (χ3n) is 3.84. The second-order valence-electron chi connectivity index (χ2n) is 5.65. The number of nitrogens with one attached hydrogen (secondary N) is 1. The molecular weight excluding hydrogens is 303 g/mol. The van der Waals surface area contributed by atoms with E-state index in [1.807, 2.05) is 0 Å². The number of amides is 2. The SMILES string of the molecule is CC(CCC(=O)O)NC(=O)C1CCN(c2ccc(F)cc2)C1=O. The van der Waals surface area contributed by atoms with E-state index in [4.69, 9.17) is 5.11 Å². The zero-order valence-corrected chi connectivity index (χ0v) is 12.8. The Labute approximate surface area is 133 Å². The monoisotopic (exact) mass is 322 g/mol. The highest BCUT2D eigenvalue weighted by molar-refractivity contribution is 6.09. The van der Waals surface area contributed by atoms with E-state index in [2.05, 4.69) is 5.32 Å². The Bertz CT molecular complexity index is 603. The number of hydrogen-bond acceptors (Lipinski definition) is 3. The third kappa shape index (κ3) is 4.28. The average Bonchev–Trinajstić information content (AvgIpc) is 2.88. The van der Waals surface area contributed by atoms with Crippen LogP contribution >= 0.6 is 0 Å². The Morgan fingerprint density at radius 1 is 1.39 bits per heavy atom. The number of carbonyl (C=O) groups excluding carboxylic acids is 2. The lowest BCUT2D eigenvalue weighted by atomic mass is 10.1. The Kier molecular flexibility index (Phi) is 5.31. The smallest absolute Gasteiger partial charge is 0.303 e. The maximum Gasteiger partial charge on any atom is 0.303 e. The first-order valence-electron chi connectivity index (χ1n) is 7.47. The van der Waals surface area contributed by atoms with Crippen molar-refractivity contribution in [1.29, 1.82) is 0 Å². The Morgan fingerprint density at radius 2 is 2.04 bits per heavy atom. The minimum Gasteiger partial charge on any atom is -0.481 e. The first-order valence-corrected chi connectivity index (χ1v) is 7.47. The maximum atomic E-state index is 12.9. The van der Waals surface area contributed by atoms with Crippen molar-refractivity contribution in [1.82, 2.24) is 5.32 Å². The molecule has 7 heteroatoms. The van der Waals surface area contributed by atoms with Crippen LogP contribution in [0, 0.1) is 11.7 Å². The lowest BCUT2D eigenvalue weighted by Crippen LogP contribution is -2.41. The van der Waals surface area contributed by atoms with Crippen LogP contribution in [0.5, 0.6) is 0 Å². The van der Waals surface area contributed by atoms with E-state index in [1.54, 1.807) is 6.92 Å². The molecule has 2 rings (SSSR count). The molecule has 124 valence electrons. The average molecular weight is 322 g/mol. The van der Waals surface area contributed by atoms with Gasteiger partial charge in [0.05, 0.1) is 0 Å². The number of nitrogens with zero attached hydrogens (tertiary/aromatic N) is 1. The molecule has 1 heterocycles. The van der Waals surface area contributed by atoms with Crippen molar-refractivity contribution in [3.05, 3.63) is 30.1 Å². The number of carboxylic acids is 1. The van der Waals surface area contributed by atoms with Crippen LogP contribution in [0.25, 0.3) is 0 Å². The van der Waals surface area contributed by atoms with E-state index in [0.717, 1.165) is 0 Å². The molecule has 2 unspecified atom stereocenters. The van der Waals surface area contributed by atoms with Crippen molar-refractivity contribution in [2.45, 2.75) is 32.2 Å². The molecule has 1 saturated heterocycles. The fourth-order valence-corrected chi connectivity index (χ4v) is 2.56. The Balaban J connectivity index is 1.94. The molecule has 0 spiro atoms. The summed E-state index contributed by atoms with van der Waals surface area (Å²) in [5.41, 5.74) is 0.561. The molecule has 1 aromatic rings. The highest BCUT2D eigenvalue weighted by Gasteiger charge is 2.37. The molecule has 23 heavy (non-hydrogen) atoms. The van der Waals surface area contributed by atoms with Gasteiger partial charge in [-0.15, -0.1) is 0 Å². The fourth-order valence-electron chi connectivity index (χ4n) is 2.56. The summed E-state index contributed by atoms with van der Waals surface area (Å²) in [7, 11) is 0. The summed E-state index contributed by atoms with van der Waals surface area (Å²) in [6, 6.07) is 5.23. The minimum absolute atomic E-state index is 0.0399. The molecule has 2 N–H and O–H groups in total. The normalized spacial score (nSPS) is 18.8. The summed E-state index contributed by atoms with van der Waals surface area (Å²) >= 11 is 0. The van der Waals surface area contributed by atoms with Gasteiger partial charge >= 0.3 is 5.97 Å². The van der Waals surface area contributed by atoms with Gasteiger partial charge < -0.3 is 15.3 Å². The van der Waals surface area contributed by atoms with Gasteiger partial charge in [-0.1, -0.05) is 0 Å². The standard InChI is InChI=1S/C16H19FN2O4/c1-10(2-7-14(20)21)18-15(22)13-8-9-19(16(13)23)12-5-3-11(17)4-6-12/h3-6,10,13H,2,7-9H2,1H3,(H,18,22)(H,20,21). The molecular formula is C16H19FN2O4. The van der Waals surface area contributed by atoms with E-state index >= 15 is 0 Å². The van der Waals surface area contributed by atoms with Crippen LogP contribution < -0.4 is 10.2 Å². The lowest BCUT2D eigenvalue weighted by Gasteiger charge is -2.18. The van der Waals surface area contributed by atoms with Gasteiger partial charge in [-0.05, 0) is 44.0 Å². The highest BCUT2D eigenvalue weighted by Crippen LogP contribution is 2.25. The zero-order chi connectivity index (χ0) is 17.0. The molecule has 6 nitrogen and oxygen atoms in total. The van der Waals surface area contributed by atoms with Crippen molar-refractivity contribution < 1.29 is 23.9 Å². The number of halogens is 1. The number of anilines is 1. The summed E-state index contributed by atoms with van der Waals surface area (Å²) in [6.45, 7) is 2.10. The summed E-state index contributed by atoms with van der Waals surface area (Å²) in [5, 5.41) is 11.3. The molecule has 0 bridgehead atoms. The predicted molar refractivity (Wildman–Crippen MR) is 81.3 cm³/mol.